The zero-order valence-electron chi connectivity index (χ0n) is 7.93. The molecule has 1 nitrogen and oxygen atoms in total. The van der Waals surface area contributed by atoms with Crippen LogP contribution in [0.25, 0.3) is 0 Å². The SMILES string of the molecule is C=CC(O)/C1=C(/Br)CCCCCC1. The highest BCUT2D eigenvalue weighted by atomic mass is 79.9. The summed E-state index contributed by atoms with van der Waals surface area (Å²) in [6.07, 6.45) is 8.25. The van der Waals surface area contributed by atoms with Gasteiger partial charge in [0.1, 0.15) is 0 Å². The number of aliphatic hydroxyl groups excluding tert-OH is 1. The van der Waals surface area contributed by atoms with E-state index in [1.807, 2.05) is 0 Å². The van der Waals surface area contributed by atoms with Crippen molar-refractivity contribution in [3.63, 3.8) is 0 Å². The van der Waals surface area contributed by atoms with E-state index in [2.05, 4.69) is 22.5 Å². The van der Waals surface area contributed by atoms with E-state index in [-0.39, 0.29) is 0 Å². The van der Waals surface area contributed by atoms with Gasteiger partial charge in [-0.3, -0.25) is 0 Å². The number of rotatable bonds is 2. The van der Waals surface area contributed by atoms with Crippen LogP contribution in [0.5, 0.6) is 0 Å². The minimum absolute atomic E-state index is 0.451. The van der Waals surface area contributed by atoms with Crippen LogP contribution in [-0.4, -0.2) is 11.2 Å². The van der Waals surface area contributed by atoms with Gasteiger partial charge >= 0.3 is 0 Å². The molecule has 0 amide bonds. The van der Waals surface area contributed by atoms with Gasteiger partial charge in [0.2, 0.25) is 0 Å². The van der Waals surface area contributed by atoms with Gasteiger partial charge in [-0.25, -0.2) is 0 Å². The number of hydrogen-bond acceptors (Lipinski definition) is 1. The fourth-order valence-corrected chi connectivity index (χ4v) is 2.41. The van der Waals surface area contributed by atoms with Gasteiger partial charge in [-0.1, -0.05) is 34.8 Å². The molecule has 1 N–H and O–H groups in total. The fourth-order valence-electron chi connectivity index (χ4n) is 1.70. The average molecular weight is 245 g/mol. The zero-order chi connectivity index (χ0) is 9.68. The van der Waals surface area contributed by atoms with Crippen molar-refractivity contribution < 1.29 is 5.11 Å². The standard InChI is InChI=1S/C11H17BrO/c1-2-11(13)9-7-5-3-4-6-8-10(9)12/h2,11,13H,1,3-8H2/b10-9+. The summed E-state index contributed by atoms with van der Waals surface area (Å²) in [4.78, 5) is 0. The molecule has 0 radical (unpaired) electrons. The Bertz CT molecular complexity index is 208. The molecule has 0 aromatic rings. The maximum Gasteiger partial charge on any atom is 0.0939 e. The van der Waals surface area contributed by atoms with Crippen molar-refractivity contribution in [1.29, 1.82) is 0 Å². The highest BCUT2D eigenvalue weighted by molar-refractivity contribution is 9.11. The maximum atomic E-state index is 9.66. The van der Waals surface area contributed by atoms with Crippen molar-refractivity contribution in [2.24, 2.45) is 0 Å². The third-order valence-electron chi connectivity index (χ3n) is 2.52. The second-order valence-electron chi connectivity index (χ2n) is 3.52. The van der Waals surface area contributed by atoms with Crippen LogP contribution in [0.1, 0.15) is 38.5 Å². The van der Waals surface area contributed by atoms with Gasteiger partial charge in [-0.2, -0.15) is 0 Å². The molecule has 0 bridgehead atoms. The van der Waals surface area contributed by atoms with Crippen LogP contribution in [0.2, 0.25) is 0 Å². The fraction of sp³-hybridized carbons (Fsp3) is 0.636. The maximum absolute atomic E-state index is 9.66. The smallest absolute Gasteiger partial charge is 0.0939 e. The first-order valence-corrected chi connectivity index (χ1v) is 5.73. The summed E-state index contributed by atoms with van der Waals surface area (Å²) in [6.45, 7) is 3.62. The molecule has 0 aromatic heterocycles. The first kappa shape index (κ1) is 11.0. The van der Waals surface area contributed by atoms with E-state index in [9.17, 15) is 5.11 Å². The van der Waals surface area contributed by atoms with Crippen molar-refractivity contribution in [2.75, 3.05) is 0 Å². The number of hydrogen-bond donors (Lipinski definition) is 1. The summed E-state index contributed by atoms with van der Waals surface area (Å²) in [6, 6.07) is 0. The summed E-state index contributed by atoms with van der Waals surface area (Å²) in [5.41, 5.74) is 1.13. The number of aliphatic hydroxyl groups is 1. The molecule has 0 fully saturated rings. The van der Waals surface area contributed by atoms with E-state index >= 15 is 0 Å². The van der Waals surface area contributed by atoms with E-state index in [0.29, 0.717) is 0 Å². The molecule has 0 aliphatic heterocycles. The first-order chi connectivity index (χ1) is 6.25. The van der Waals surface area contributed by atoms with E-state index in [4.69, 9.17) is 0 Å². The molecular formula is C11H17BrO. The van der Waals surface area contributed by atoms with Gasteiger partial charge in [-0.15, -0.1) is 6.58 Å². The quantitative estimate of drug-likeness (QED) is 0.738. The van der Waals surface area contributed by atoms with E-state index in [0.717, 1.165) is 18.4 Å². The Kier molecular flexibility index (Phi) is 4.74. The highest BCUT2D eigenvalue weighted by Crippen LogP contribution is 2.29. The Morgan fingerprint density at radius 3 is 2.46 bits per heavy atom. The predicted octanol–water partition coefficient (Wildman–Crippen LogP) is 3.54. The van der Waals surface area contributed by atoms with Crippen molar-refractivity contribution in [3.05, 3.63) is 22.7 Å². The van der Waals surface area contributed by atoms with Crippen LogP contribution in [0.4, 0.5) is 0 Å². The molecule has 1 rings (SSSR count). The van der Waals surface area contributed by atoms with E-state index in [1.54, 1.807) is 6.08 Å². The van der Waals surface area contributed by atoms with E-state index < -0.39 is 6.10 Å². The molecule has 0 heterocycles. The third kappa shape index (κ3) is 3.28. The number of allylic oxidation sites excluding steroid dienone is 1. The summed E-state index contributed by atoms with van der Waals surface area (Å²) < 4.78 is 1.19. The molecule has 74 valence electrons. The Hall–Kier alpha value is -0.0800. The average Bonchev–Trinajstić information content (AvgIpc) is 2.11. The Morgan fingerprint density at radius 2 is 1.85 bits per heavy atom. The van der Waals surface area contributed by atoms with E-state index in [1.165, 1.54) is 30.2 Å². The van der Waals surface area contributed by atoms with Gasteiger partial charge in [0.25, 0.3) is 0 Å². The molecule has 1 aliphatic rings. The lowest BCUT2D eigenvalue weighted by atomic mass is 9.96. The molecular weight excluding hydrogens is 228 g/mol. The minimum Gasteiger partial charge on any atom is -0.385 e. The van der Waals surface area contributed by atoms with Gasteiger partial charge < -0.3 is 5.11 Å². The molecule has 1 unspecified atom stereocenters. The van der Waals surface area contributed by atoms with Crippen molar-refractivity contribution in [3.8, 4) is 0 Å². The number of halogens is 1. The lowest BCUT2D eigenvalue weighted by Gasteiger charge is -2.17. The summed E-state index contributed by atoms with van der Waals surface area (Å²) in [7, 11) is 0. The van der Waals surface area contributed by atoms with Crippen LogP contribution in [0, 0.1) is 0 Å². The Balaban J connectivity index is 2.72. The second kappa shape index (κ2) is 5.61. The molecule has 13 heavy (non-hydrogen) atoms. The van der Waals surface area contributed by atoms with Gasteiger partial charge in [0, 0.05) is 0 Å². The molecule has 1 atom stereocenters. The highest BCUT2D eigenvalue weighted by Gasteiger charge is 2.13. The lowest BCUT2D eigenvalue weighted by Crippen LogP contribution is -2.09. The minimum atomic E-state index is -0.451. The monoisotopic (exact) mass is 244 g/mol. The van der Waals surface area contributed by atoms with Crippen LogP contribution >= 0.6 is 15.9 Å². The largest absolute Gasteiger partial charge is 0.385 e. The van der Waals surface area contributed by atoms with Gasteiger partial charge in [-0.05, 0) is 35.7 Å². The Morgan fingerprint density at radius 1 is 1.23 bits per heavy atom. The van der Waals surface area contributed by atoms with Gasteiger partial charge in [0.15, 0.2) is 0 Å². The first-order valence-electron chi connectivity index (χ1n) is 4.93. The van der Waals surface area contributed by atoms with Crippen molar-refractivity contribution in [1.82, 2.24) is 0 Å². The third-order valence-corrected chi connectivity index (χ3v) is 3.43. The molecule has 0 aromatic carbocycles. The van der Waals surface area contributed by atoms with Crippen molar-refractivity contribution >= 4 is 15.9 Å². The van der Waals surface area contributed by atoms with Crippen LogP contribution in [0.3, 0.4) is 0 Å². The molecule has 0 saturated heterocycles. The molecule has 0 saturated carbocycles. The molecule has 2 heteroatoms. The summed E-state index contributed by atoms with van der Waals surface area (Å²) in [5, 5.41) is 9.66. The van der Waals surface area contributed by atoms with Crippen LogP contribution < -0.4 is 0 Å². The summed E-state index contributed by atoms with van der Waals surface area (Å²) >= 11 is 3.55. The normalized spacial score (nSPS) is 27.5. The zero-order valence-corrected chi connectivity index (χ0v) is 9.52. The lowest BCUT2D eigenvalue weighted by molar-refractivity contribution is 0.252. The second-order valence-corrected chi connectivity index (χ2v) is 4.48. The Labute approximate surface area is 88.7 Å². The topological polar surface area (TPSA) is 20.2 Å². The summed E-state index contributed by atoms with van der Waals surface area (Å²) in [5.74, 6) is 0. The van der Waals surface area contributed by atoms with Crippen molar-refractivity contribution in [2.45, 2.75) is 44.6 Å². The van der Waals surface area contributed by atoms with Gasteiger partial charge in [0.05, 0.1) is 6.10 Å². The van der Waals surface area contributed by atoms with Crippen LogP contribution in [-0.2, 0) is 0 Å². The van der Waals surface area contributed by atoms with Crippen LogP contribution in [0.15, 0.2) is 22.7 Å². The predicted molar refractivity (Wildman–Crippen MR) is 59.9 cm³/mol. The molecule has 1 aliphatic carbocycles. The molecule has 0 spiro atoms.